The van der Waals surface area contributed by atoms with E-state index in [4.69, 9.17) is 24.4 Å². The number of unbranched alkanes of at least 4 members (excludes halogenated alkanes) is 1. The van der Waals surface area contributed by atoms with Crippen molar-refractivity contribution in [2.45, 2.75) is 33.6 Å². The van der Waals surface area contributed by atoms with Crippen molar-refractivity contribution in [1.29, 1.82) is 0 Å². The van der Waals surface area contributed by atoms with E-state index in [0.717, 1.165) is 30.8 Å². The minimum absolute atomic E-state index is 0.455. The first kappa shape index (κ1) is 17.7. The Morgan fingerprint density at radius 1 is 1.00 bits per heavy atom. The van der Waals surface area contributed by atoms with E-state index >= 15 is 0 Å². The van der Waals surface area contributed by atoms with Crippen molar-refractivity contribution >= 4 is 46.1 Å². The third kappa shape index (κ3) is 9.32. The average Bonchev–Trinajstić information content (AvgIpc) is 2.41. The van der Waals surface area contributed by atoms with Crippen molar-refractivity contribution < 1.29 is 0 Å². The van der Waals surface area contributed by atoms with Gasteiger partial charge in [-0.1, -0.05) is 13.3 Å². The Kier molecular flexibility index (Phi) is 9.91. The first-order chi connectivity index (χ1) is 9.01. The number of nitrogens with one attached hydrogen (secondary N) is 4. The number of hydrogen-bond donors (Lipinski definition) is 4. The molecule has 8 heteroatoms. The van der Waals surface area contributed by atoms with E-state index in [2.05, 4.69) is 38.6 Å². The molecule has 0 heterocycles. The number of rotatable bonds is 6. The van der Waals surface area contributed by atoms with Crippen molar-refractivity contribution in [3.05, 3.63) is 0 Å². The van der Waals surface area contributed by atoms with Crippen LogP contribution in [0.2, 0.25) is 0 Å². The van der Waals surface area contributed by atoms with Crippen LogP contribution in [-0.2, 0) is 0 Å². The highest BCUT2D eigenvalue weighted by Crippen LogP contribution is 1.84. The third-order valence-electron chi connectivity index (χ3n) is 2.22. The number of nitrogens with zero attached hydrogens (tertiary/aromatic N) is 2. The average molecular weight is 302 g/mol. The lowest BCUT2D eigenvalue weighted by molar-refractivity contribution is 0.745. The smallest absolute Gasteiger partial charge is 0.186 e. The molecular formula is C11H22N6S2. The maximum Gasteiger partial charge on any atom is 0.186 e. The molecule has 0 aliphatic carbocycles. The lowest BCUT2D eigenvalue weighted by Crippen LogP contribution is -2.34. The van der Waals surface area contributed by atoms with Crippen molar-refractivity contribution in [1.82, 2.24) is 21.5 Å². The number of hydrazone groups is 2. The van der Waals surface area contributed by atoms with Gasteiger partial charge in [0, 0.05) is 13.6 Å². The van der Waals surface area contributed by atoms with E-state index in [1.807, 2.05) is 13.8 Å². The maximum absolute atomic E-state index is 5.08. The summed E-state index contributed by atoms with van der Waals surface area (Å²) in [6, 6.07) is 0. The van der Waals surface area contributed by atoms with Crippen LogP contribution in [0.1, 0.15) is 33.6 Å². The van der Waals surface area contributed by atoms with Crippen LogP contribution in [0, 0.1) is 0 Å². The monoisotopic (exact) mass is 302 g/mol. The molecule has 0 atom stereocenters. The summed E-state index contributed by atoms with van der Waals surface area (Å²) in [6.07, 6.45) is 2.21. The Bertz CT molecular complexity index is 364. The normalized spacial score (nSPS) is 11.8. The van der Waals surface area contributed by atoms with Crippen molar-refractivity contribution in [2.24, 2.45) is 10.2 Å². The van der Waals surface area contributed by atoms with Gasteiger partial charge in [-0.05, 0) is 44.7 Å². The van der Waals surface area contributed by atoms with Crippen molar-refractivity contribution in [2.75, 3.05) is 13.6 Å². The van der Waals surface area contributed by atoms with E-state index in [1.165, 1.54) is 0 Å². The fraction of sp³-hybridized carbons (Fsp3) is 0.636. The molecule has 0 amide bonds. The molecule has 0 saturated carbocycles. The molecule has 0 aromatic carbocycles. The molecule has 0 radical (unpaired) electrons. The molecule has 0 aromatic heterocycles. The Balaban J connectivity index is 4.17. The quantitative estimate of drug-likeness (QED) is 0.255. The van der Waals surface area contributed by atoms with Gasteiger partial charge in [0.25, 0.3) is 0 Å². The predicted molar refractivity (Wildman–Crippen MR) is 89.7 cm³/mol. The molecule has 0 unspecified atom stereocenters. The van der Waals surface area contributed by atoms with Gasteiger partial charge in [-0.3, -0.25) is 10.9 Å². The molecule has 6 nitrogen and oxygen atoms in total. The molecule has 0 aromatic rings. The first-order valence-electron chi connectivity index (χ1n) is 6.11. The summed E-state index contributed by atoms with van der Waals surface area (Å²) < 4.78 is 0. The summed E-state index contributed by atoms with van der Waals surface area (Å²) in [5.41, 5.74) is 6.92. The molecule has 0 fully saturated rings. The van der Waals surface area contributed by atoms with Gasteiger partial charge in [0.15, 0.2) is 10.2 Å². The molecule has 0 aliphatic heterocycles. The Morgan fingerprint density at radius 2 is 1.53 bits per heavy atom. The zero-order valence-corrected chi connectivity index (χ0v) is 13.5. The van der Waals surface area contributed by atoms with Gasteiger partial charge in [0.05, 0.1) is 11.4 Å². The molecular weight excluding hydrogens is 280 g/mol. The fourth-order valence-corrected chi connectivity index (χ4v) is 1.10. The molecule has 0 bridgehead atoms. The molecule has 4 N–H and O–H groups in total. The maximum atomic E-state index is 5.08. The van der Waals surface area contributed by atoms with E-state index in [0.29, 0.717) is 10.2 Å². The summed E-state index contributed by atoms with van der Waals surface area (Å²) in [4.78, 5) is 0. The van der Waals surface area contributed by atoms with Gasteiger partial charge in [0.2, 0.25) is 0 Å². The van der Waals surface area contributed by atoms with Crippen LogP contribution in [0.5, 0.6) is 0 Å². The SMILES string of the molecule is CCCCNC(=S)NN=C(C)C(C)=NNC(=S)NC. The number of thiocarbonyl (C=S) groups is 2. The lowest BCUT2D eigenvalue weighted by atomic mass is 10.3. The van der Waals surface area contributed by atoms with Gasteiger partial charge >= 0.3 is 0 Å². The second-order valence-corrected chi connectivity index (χ2v) is 4.62. The van der Waals surface area contributed by atoms with Crippen LogP contribution in [-0.4, -0.2) is 35.2 Å². The summed E-state index contributed by atoms with van der Waals surface area (Å²) >= 11 is 9.99. The van der Waals surface area contributed by atoms with E-state index in [9.17, 15) is 0 Å². The van der Waals surface area contributed by atoms with Crippen molar-refractivity contribution in [3.63, 3.8) is 0 Å². The molecule has 0 spiro atoms. The van der Waals surface area contributed by atoms with Crippen LogP contribution >= 0.6 is 24.4 Å². The van der Waals surface area contributed by atoms with Gasteiger partial charge < -0.3 is 10.6 Å². The molecule has 0 aliphatic rings. The molecule has 19 heavy (non-hydrogen) atoms. The summed E-state index contributed by atoms with van der Waals surface area (Å²) in [5, 5.41) is 15.0. The van der Waals surface area contributed by atoms with Gasteiger partial charge in [0.1, 0.15) is 0 Å². The van der Waals surface area contributed by atoms with Crippen LogP contribution in [0.4, 0.5) is 0 Å². The molecule has 0 rings (SSSR count). The molecule has 108 valence electrons. The largest absolute Gasteiger partial charge is 0.364 e. The lowest BCUT2D eigenvalue weighted by Gasteiger charge is -2.07. The highest BCUT2D eigenvalue weighted by molar-refractivity contribution is 7.80. The van der Waals surface area contributed by atoms with Gasteiger partial charge in [-0.15, -0.1) is 0 Å². The Labute approximate surface area is 125 Å². The first-order valence-corrected chi connectivity index (χ1v) is 6.93. The second-order valence-electron chi connectivity index (χ2n) is 3.81. The van der Waals surface area contributed by atoms with Crippen LogP contribution in [0.3, 0.4) is 0 Å². The van der Waals surface area contributed by atoms with Crippen LogP contribution in [0.15, 0.2) is 10.2 Å². The second kappa shape index (κ2) is 10.6. The van der Waals surface area contributed by atoms with Crippen LogP contribution < -0.4 is 21.5 Å². The van der Waals surface area contributed by atoms with E-state index in [-0.39, 0.29) is 0 Å². The minimum atomic E-state index is 0.455. The number of hydrogen-bond acceptors (Lipinski definition) is 4. The van der Waals surface area contributed by atoms with Crippen molar-refractivity contribution in [3.8, 4) is 0 Å². The highest BCUT2D eigenvalue weighted by atomic mass is 32.1. The summed E-state index contributed by atoms with van der Waals surface area (Å²) in [6.45, 7) is 6.65. The zero-order chi connectivity index (χ0) is 14.7. The fourth-order valence-electron chi connectivity index (χ4n) is 0.905. The topological polar surface area (TPSA) is 72.8 Å². The predicted octanol–water partition coefficient (Wildman–Crippen LogP) is 1.10. The van der Waals surface area contributed by atoms with E-state index < -0.39 is 0 Å². The summed E-state index contributed by atoms with van der Waals surface area (Å²) in [7, 11) is 1.73. The Morgan fingerprint density at radius 3 is 2.00 bits per heavy atom. The van der Waals surface area contributed by atoms with E-state index in [1.54, 1.807) is 7.05 Å². The highest BCUT2D eigenvalue weighted by Gasteiger charge is 1.98. The van der Waals surface area contributed by atoms with Gasteiger partial charge in [-0.2, -0.15) is 10.2 Å². The van der Waals surface area contributed by atoms with Crippen LogP contribution in [0.25, 0.3) is 0 Å². The third-order valence-corrected chi connectivity index (χ3v) is 2.75. The summed E-state index contributed by atoms with van der Waals surface area (Å²) in [5.74, 6) is 0. The Hall–Kier alpha value is -1.28. The van der Waals surface area contributed by atoms with Gasteiger partial charge in [-0.25, -0.2) is 0 Å². The zero-order valence-electron chi connectivity index (χ0n) is 11.8. The standard InChI is InChI=1S/C11H22N6S2/c1-5-6-7-13-11(19)17-15-9(3)8(2)14-16-10(18)12-4/h5-7H2,1-4H3,(H2,12,16,18)(H2,13,17,19). The minimum Gasteiger partial charge on any atom is -0.364 e. The molecule has 0 saturated heterocycles.